The summed E-state index contributed by atoms with van der Waals surface area (Å²) in [7, 11) is 0. The molecule has 1 aliphatic rings. The molecule has 2 heterocycles. The van der Waals surface area contributed by atoms with Gasteiger partial charge in [0.25, 0.3) is 0 Å². The number of piperidine rings is 1. The van der Waals surface area contributed by atoms with Crippen LogP contribution in [-0.4, -0.2) is 41.3 Å². The van der Waals surface area contributed by atoms with Crippen LogP contribution in [0.2, 0.25) is 0 Å². The number of carbonyl (C=O) groups is 2. The van der Waals surface area contributed by atoms with Crippen molar-refractivity contribution in [2.45, 2.75) is 39.5 Å². The van der Waals surface area contributed by atoms with Crippen LogP contribution in [0.1, 0.15) is 38.7 Å². The predicted octanol–water partition coefficient (Wildman–Crippen LogP) is 3.11. The van der Waals surface area contributed by atoms with Crippen molar-refractivity contribution < 1.29 is 9.59 Å². The number of para-hydroxylation sites is 1. The standard InChI is InChI=1S/C21H29N3O2/c1-15(2)7-10-22-21(26)16-8-11-24(12-9-16)20(25)13-17-14-23-19-6-4-3-5-18(17)19/h3-6,14-16,23H,7-13H2,1-2H3,(H,22,26). The van der Waals surface area contributed by atoms with E-state index in [4.69, 9.17) is 0 Å². The van der Waals surface area contributed by atoms with Crippen molar-refractivity contribution in [1.82, 2.24) is 15.2 Å². The molecule has 2 N–H and O–H groups in total. The molecule has 0 radical (unpaired) electrons. The largest absolute Gasteiger partial charge is 0.361 e. The van der Waals surface area contributed by atoms with Gasteiger partial charge in [0.1, 0.15) is 0 Å². The van der Waals surface area contributed by atoms with Crippen molar-refractivity contribution in [3.05, 3.63) is 36.0 Å². The summed E-state index contributed by atoms with van der Waals surface area (Å²) in [5.41, 5.74) is 2.10. The van der Waals surface area contributed by atoms with E-state index in [1.54, 1.807) is 0 Å². The van der Waals surface area contributed by atoms with E-state index < -0.39 is 0 Å². The van der Waals surface area contributed by atoms with Crippen LogP contribution < -0.4 is 5.32 Å². The summed E-state index contributed by atoms with van der Waals surface area (Å²) < 4.78 is 0. The Bertz CT molecular complexity index is 757. The number of fused-ring (bicyclic) bond motifs is 1. The van der Waals surface area contributed by atoms with Gasteiger partial charge in [-0.15, -0.1) is 0 Å². The van der Waals surface area contributed by atoms with Crippen LogP contribution in [0, 0.1) is 11.8 Å². The Labute approximate surface area is 155 Å². The second kappa shape index (κ2) is 8.39. The second-order valence-corrected chi connectivity index (χ2v) is 7.66. The molecule has 0 unspecified atom stereocenters. The van der Waals surface area contributed by atoms with E-state index >= 15 is 0 Å². The normalized spacial score (nSPS) is 15.6. The molecule has 5 heteroatoms. The highest BCUT2D eigenvalue weighted by Gasteiger charge is 2.27. The summed E-state index contributed by atoms with van der Waals surface area (Å²) in [5, 5.41) is 4.15. The molecule has 1 fully saturated rings. The number of H-pyrrole nitrogens is 1. The average Bonchev–Trinajstić information content (AvgIpc) is 3.04. The van der Waals surface area contributed by atoms with Gasteiger partial charge in [-0.05, 0) is 36.8 Å². The Morgan fingerprint density at radius 1 is 1.23 bits per heavy atom. The van der Waals surface area contributed by atoms with Crippen LogP contribution >= 0.6 is 0 Å². The van der Waals surface area contributed by atoms with E-state index in [0.29, 0.717) is 25.4 Å². The van der Waals surface area contributed by atoms with E-state index in [1.807, 2.05) is 35.4 Å². The third-order valence-electron chi connectivity index (χ3n) is 5.26. The zero-order valence-electron chi connectivity index (χ0n) is 15.8. The van der Waals surface area contributed by atoms with Gasteiger partial charge in [0.2, 0.25) is 11.8 Å². The summed E-state index contributed by atoms with van der Waals surface area (Å²) in [6.07, 6.45) is 4.86. The SMILES string of the molecule is CC(C)CCNC(=O)C1CCN(C(=O)Cc2c[nH]c3ccccc23)CC1. The smallest absolute Gasteiger partial charge is 0.227 e. The molecule has 1 aromatic carbocycles. The molecule has 0 aliphatic carbocycles. The fourth-order valence-corrected chi connectivity index (χ4v) is 3.57. The summed E-state index contributed by atoms with van der Waals surface area (Å²) >= 11 is 0. The zero-order valence-corrected chi connectivity index (χ0v) is 15.8. The minimum atomic E-state index is 0.0410. The van der Waals surface area contributed by atoms with Crippen molar-refractivity contribution in [2.75, 3.05) is 19.6 Å². The molecule has 2 aromatic rings. The molecule has 140 valence electrons. The monoisotopic (exact) mass is 355 g/mol. The first kappa shape index (κ1) is 18.5. The van der Waals surface area contributed by atoms with E-state index in [2.05, 4.69) is 24.1 Å². The molecule has 2 amide bonds. The van der Waals surface area contributed by atoms with Gasteiger partial charge in [-0.25, -0.2) is 0 Å². The van der Waals surface area contributed by atoms with E-state index in [9.17, 15) is 9.59 Å². The number of carbonyl (C=O) groups excluding carboxylic acids is 2. The fourth-order valence-electron chi connectivity index (χ4n) is 3.57. The van der Waals surface area contributed by atoms with Crippen molar-refractivity contribution in [2.24, 2.45) is 11.8 Å². The Morgan fingerprint density at radius 2 is 1.96 bits per heavy atom. The number of benzene rings is 1. The maximum atomic E-state index is 12.6. The van der Waals surface area contributed by atoms with Gasteiger partial charge in [-0.2, -0.15) is 0 Å². The Morgan fingerprint density at radius 3 is 2.69 bits per heavy atom. The molecule has 26 heavy (non-hydrogen) atoms. The van der Waals surface area contributed by atoms with Gasteiger partial charge >= 0.3 is 0 Å². The lowest BCUT2D eigenvalue weighted by molar-refractivity contribution is -0.135. The fraction of sp³-hybridized carbons (Fsp3) is 0.524. The van der Waals surface area contributed by atoms with Gasteiger partial charge in [0.15, 0.2) is 0 Å². The molecule has 0 bridgehead atoms. The van der Waals surface area contributed by atoms with Crippen LogP contribution in [0.3, 0.4) is 0 Å². The van der Waals surface area contributed by atoms with Gasteiger partial charge in [0.05, 0.1) is 6.42 Å². The van der Waals surface area contributed by atoms with Crippen LogP contribution in [0.25, 0.3) is 10.9 Å². The Kier molecular flexibility index (Phi) is 5.96. The van der Waals surface area contributed by atoms with Gasteiger partial charge < -0.3 is 15.2 Å². The molecule has 5 nitrogen and oxygen atoms in total. The highest BCUT2D eigenvalue weighted by atomic mass is 16.2. The first-order chi connectivity index (χ1) is 12.5. The van der Waals surface area contributed by atoms with Gasteiger partial charge in [-0.1, -0.05) is 32.0 Å². The number of hydrogen-bond donors (Lipinski definition) is 2. The van der Waals surface area contributed by atoms with Crippen LogP contribution in [-0.2, 0) is 16.0 Å². The number of rotatable bonds is 6. The molecule has 0 atom stereocenters. The van der Waals surface area contributed by atoms with E-state index in [1.165, 1.54) is 0 Å². The second-order valence-electron chi connectivity index (χ2n) is 7.66. The average molecular weight is 355 g/mol. The first-order valence-corrected chi connectivity index (χ1v) is 9.65. The summed E-state index contributed by atoms with van der Waals surface area (Å²) in [6.45, 7) is 6.40. The lowest BCUT2D eigenvalue weighted by atomic mass is 9.95. The highest BCUT2D eigenvalue weighted by molar-refractivity contribution is 5.89. The number of amides is 2. The van der Waals surface area contributed by atoms with Crippen molar-refractivity contribution in [1.29, 1.82) is 0 Å². The molecular formula is C21H29N3O2. The molecule has 1 saturated heterocycles. The number of nitrogens with zero attached hydrogens (tertiary/aromatic N) is 1. The number of aromatic amines is 1. The summed E-state index contributed by atoms with van der Waals surface area (Å²) in [4.78, 5) is 30.0. The highest BCUT2D eigenvalue weighted by Crippen LogP contribution is 2.21. The summed E-state index contributed by atoms with van der Waals surface area (Å²) in [5.74, 6) is 0.932. The lowest BCUT2D eigenvalue weighted by Gasteiger charge is -2.31. The zero-order chi connectivity index (χ0) is 18.5. The van der Waals surface area contributed by atoms with Crippen LogP contribution in [0.4, 0.5) is 0 Å². The number of aromatic nitrogens is 1. The topological polar surface area (TPSA) is 65.2 Å². The maximum Gasteiger partial charge on any atom is 0.227 e. The Hall–Kier alpha value is -2.30. The first-order valence-electron chi connectivity index (χ1n) is 9.65. The Balaban J connectivity index is 1.48. The molecule has 1 aliphatic heterocycles. The molecule has 1 aromatic heterocycles. The van der Waals surface area contributed by atoms with Gasteiger partial charge in [0, 0.05) is 42.7 Å². The minimum absolute atomic E-state index is 0.0410. The number of nitrogens with one attached hydrogen (secondary N) is 2. The molecule has 3 rings (SSSR count). The van der Waals surface area contributed by atoms with Gasteiger partial charge in [-0.3, -0.25) is 9.59 Å². The van der Waals surface area contributed by atoms with Crippen LogP contribution in [0.15, 0.2) is 30.5 Å². The maximum absolute atomic E-state index is 12.6. The van der Waals surface area contributed by atoms with Crippen molar-refractivity contribution >= 4 is 22.7 Å². The van der Waals surface area contributed by atoms with Crippen molar-refractivity contribution in [3.63, 3.8) is 0 Å². The molecule has 0 saturated carbocycles. The quantitative estimate of drug-likeness (QED) is 0.836. The third-order valence-corrected chi connectivity index (χ3v) is 5.26. The number of likely N-dealkylation sites (tertiary alicyclic amines) is 1. The molecular weight excluding hydrogens is 326 g/mol. The third kappa shape index (κ3) is 4.45. The number of hydrogen-bond acceptors (Lipinski definition) is 2. The summed E-state index contributed by atoms with van der Waals surface area (Å²) in [6, 6.07) is 8.05. The van der Waals surface area contributed by atoms with Crippen molar-refractivity contribution in [3.8, 4) is 0 Å². The minimum Gasteiger partial charge on any atom is -0.361 e. The predicted molar refractivity (Wildman–Crippen MR) is 104 cm³/mol. The van der Waals surface area contributed by atoms with E-state index in [0.717, 1.165) is 42.3 Å². The van der Waals surface area contributed by atoms with E-state index in [-0.39, 0.29) is 17.7 Å². The lowest BCUT2D eigenvalue weighted by Crippen LogP contribution is -2.43. The van der Waals surface area contributed by atoms with Crippen LogP contribution in [0.5, 0.6) is 0 Å². The molecule has 0 spiro atoms.